The number of hydrogen-bond donors (Lipinski definition) is 1. The van der Waals surface area contributed by atoms with Crippen molar-refractivity contribution in [2.45, 2.75) is 56.7 Å². The zero-order valence-corrected chi connectivity index (χ0v) is 9.91. The van der Waals surface area contributed by atoms with Gasteiger partial charge in [-0.25, -0.2) is 0 Å². The number of likely N-dealkylation sites (tertiary alicyclic amines) is 1. The van der Waals surface area contributed by atoms with Gasteiger partial charge in [0.05, 0.1) is 5.60 Å². The maximum atomic E-state index is 10.4. The summed E-state index contributed by atoms with van der Waals surface area (Å²) >= 11 is 0. The van der Waals surface area contributed by atoms with Crippen molar-refractivity contribution in [3.63, 3.8) is 0 Å². The highest BCUT2D eigenvalue weighted by Crippen LogP contribution is 2.38. The Labute approximate surface area is 92.4 Å². The maximum absolute atomic E-state index is 10.4. The van der Waals surface area contributed by atoms with Gasteiger partial charge >= 0.3 is 0 Å². The van der Waals surface area contributed by atoms with Crippen LogP contribution in [0.2, 0.25) is 0 Å². The van der Waals surface area contributed by atoms with E-state index in [-0.39, 0.29) is 0 Å². The third kappa shape index (κ3) is 2.71. The van der Waals surface area contributed by atoms with Gasteiger partial charge in [0.2, 0.25) is 0 Å². The van der Waals surface area contributed by atoms with E-state index in [0.29, 0.717) is 6.04 Å². The molecule has 2 unspecified atom stereocenters. The first-order valence-corrected chi connectivity index (χ1v) is 6.12. The molecule has 0 aromatic heterocycles. The van der Waals surface area contributed by atoms with Crippen molar-refractivity contribution in [3.8, 4) is 0 Å². The summed E-state index contributed by atoms with van der Waals surface area (Å²) in [5.74, 6) is 0. The predicted octanol–water partition coefficient (Wildman–Crippen LogP) is 1.40. The third-order valence-electron chi connectivity index (χ3n) is 3.72. The van der Waals surface area contributed by atoms with Gasteiger partial charge in [-0.3, -0.25) is 4.90 Å². The lowest BCUT2D eigenvalue weighted by molar-refractivity contribution is 0.0305. The molecular weight excluding hydrogens is 190 g/mol. The number of ether oxygens (including phenoxy) is 1. The van der Waals surface area contributed by atoms with Gasteiger partial charge < -0.3 is 9.84 Å². The van der Waals surface area contributed by atoms with Gasteiger partial charge in [0.15, 0.2) is 0 Å². The molecule has 0 aromatic rings. The van der Waals surface area contributed by atoms with Gasteiger partial charge in [0.25, 0.3) is 0 Å². The molecule has 1 aliphatic carbocycles. The molecule has 88 valence electrons. The Kier molecular flexibility index (Phi) is 3.33. The van der Waals surface area contributed by atoms with Crippen molar-refractivity contribution in [1.29, 1.82) is 0 Å². The van der Waals surface area contributed by atoms with Crippen LogP contribution in [0.25, 0.3) is 0 Å². The summed E-state index contributed by atoms with van der Waals surface area (Å²) in [4.78, 5) is 2.49. The van der Waals surface area contributed by atoms with Gasteiger partial charge in [-0.15, -0.1) is 0 Å². The van der Waals surface area contributed by atoms with Crippen LogP contribution < -0.4 is 0 Å². The van der Waals surface area contributed by atoms with Crippen LogP contribution in [0.15, 0.2) is 0 Å². The lowest BCUT2D eigenvalue weighted by Crippen LogP contribution is -2.35. The van der Waals surface area contributed by atoms with Crippen LogP contribution >= 0.6 is 0 Å². The first-order chi connectivity index (χ1) is 7.14. The Morgan fingerprint density at radius 1 is 1.47 bits per heavy atom. The highest BCUT2D eigenvalue weighted by atomic mass is 16.5. The molecule has 15 heavy (non-hydrogen) atoms. The van der Waals surface area contributed by atoms with Crippen LogP contribution in [0.1, 0.15) is 39.0 Å². The molecule has 2 rings (SSSR count). The predicted molar refractivity (Wildman–Crippen MR) is 59.9 cm³/mol. The Morgan fingerprint density at radius 3 is 2.80 bits per heavy atom. The largest absolute Gasteiger partial charge is 0.388 e. The second-order valence-corrected chi connectivity index (χ2v) is 5.28. The average molecular weight is 213 g/mol. The molecule has 2 fully saturated rings. The van der Waals surface area contributed by atoms with Crippen LogP contribution in [0.3, 0.4) is 0 Å². The molecule has 0 radical (unpaired) electrons. The van der Waals surface area contributed by atoms with Crippen molar-refractivity contribution in [2.75, 3.05) is 20.3 Å². The van der Waals surface area contributed by atoms with E-state index in [1.807, 2.05) is 0 Å². The van der Waals surface area contributed by atoms with E-state index in [0.717, 1.165) is 38.5 Å². The Bertz CT molecular complexity index is 218. The quantitative estimate of drug-likeness (QED) is 0.701. The minimum Gasteiger partial charge on any atom is -0.388 e. The highest BCUT2D eigenvalue weighted by molar-refractivity contribution is 5.00. The summed E-state index contributed by atoms with van der Waals surface area (Å²) in [7, 11) is 1.72. The smallest absolute Gasteiger partial charge is 0.0789 e. The number of hydrogen-bond acceptors (Lipinski definition) is 3. The summed E-state index contributed by atoms with van der Waals surface area (Å²) in [5, 5.41) is 10.4. The van der Waals surface area contributed by atoms with Gasteiger partial charge in [-0.1, -0.05) is 0 Å². The van der Waals surface area contributed by atoms with E-state index in [9.17, 15) is 5.11 Å². The SMILES string of the molecule is COCCCC1(O)CC(C)N(C2CC2)C1. The van der Waals surface area contributed by atoms with Crippen molar-refractivity contribution >= 4 is 0 Å². The van der Waals surface area contributed by atoms with E-state index in [1.165, 1.54) is 12.8 Å². The van der Waals surface area contributed by atoms with Gasteiger partial charge in [0, 0.05) is 32.3 Å². The Hall–Kier alpha value is -0.120. The molecule has 2 atom stereocenters. The fraction of sp³-hybridized carbons (Fsp3) is 1.00. The Morgan fingerprint density at radius 2 is 2.20 bits per heavy atom. The molecular formula is C12H23NO2. The molecule has 1 saturated carbocycles. The number of aliphatic hydroxyl groups is 1. The fourth-order valence-electron chi connectivity index (χ4n) is 2.85. The monoisotopic (exact) mass is 213 g/mol. The highest BCUT2D eigenvalue weighted by Gasteiger charge is 2.45. The van der Waals surface area contributed by atoms with E-state index in [2.05, 4.69) is 11.8 Å². The van der Waals surface area contributed by atoms with Crippen LogP contribution in [-0.2, 0) is 4.74 Å². The molecule has 0 amide bonds. The van der Waals surface area contributed by atoms with Crippen molar-refractivity contribution in [1.82, 2.24) is 4.90 Å². The van der Waals surface area contributed by atoms with Crippen molar-refractivity contribution in [3.05, 3.63) is 0 Å². The first kappa shape index (κ1) is 11.4. The lowest BCUT2D eigenvalue weighted by Gasteiger charge is -2.23. The molecule has 3 nitrogen and oxygen atoms in total. The number of methoxy groups -OCH3 is 1. The number of nitrogens with zero attached hydrogens (tertiary/aromatic N) is 1. The summed E-state index contributed by atoms with van der Waals surface area (Å²) in [6.07, 6.45) is 5.46. The number of β-amino-alcohol motifs (C(OH)–C–C–N with tert-alkyl or cyclic N) is 1. The third-order valence-corrected chi connectivity index (χ3v) is 3.72. The molecule has 0 aromatic carbocycles. The molecule has 3 heteroatoms. The van der Waals surface area contributed by atoms with Gasteiger partial charge in [-0.05, 0) is 39.0 Å². The van der Waals surface area contributed by atoms with Crippen molar-refractivity contribution < 1.29 is 9.84 Å². The summed E-state index contributed by atoms with van der Waals surface area (Å²) < 4.78 is 5.04. The molecule has 1 N–H and O–H groups in total. The van der Waals surface area contributed by atoms with Crippen LogP contribution in [0, 0.1) is 0 Å². The zero-order valence-electron chi connectivity index (χ0n) is 9.91. The lowest BCUT2D eigenvalue weighted by atomic mass is 9.95. The van der Waals surface area contributed by atoms with E-state index >= 15 is 0 Å². The van der Waals surface area contributed by atoms with Gasteiger partial charge in [-0.2, -0.15) is 0 Å². The molecule has 2 aliphatic rings. The average Bonchev–Trinajstić information content (AvgIpc) is 2.94. The first-order valence-electron chi connectivity index (χ1n) is 6.12. The summed E-state index contributed by atoms with van der Waals surface area (Å²) in [6.45, 7) is 3.88. The minimum atomic E-state index is -0.444. The molecule has 0 spiro atoms. The second kappa shape index (κ2) is 4.40. The minimum absolute atomic E-state index is 0.444. The summed E-state index contributed by atoms with van der Waals surface area (Å²) in [6, 6.07) is 1.33. The Balaban J connectivity index is 1.82. The molecule has 1 heterocycles. The molecule has 1 aliphatic heterocycles. The standard InChI is InChI=1S/C12H23NO2/c1-10-8-12(14,6-3-7-15-2)9-13(10)11-4-5-11/h10-11,14H,3-9H2,1-2H3. The second-order valence-electron chi connectivity index (χ2n) is 5.28. The van der Waals surface area contributed by atoms with Crippen molar-refractivity contribution in [2.24, 2.45) is 0 Å². The van der Waals surface area contributed by atoms with E-state index in [4.69, 9.17) is 4.74 Å². The normalized spacial score (nSPS) is 37.4. The topological polar surface area (TPSA) is 32.7 Å². The summed E-state index contributed by atoms with van der Waals surface area (Å²) in [5.41, 5.74) is -0.444. The zero-order chi connectivity index (χ0) is 10.9. The molecule has 1 saturated heterocycles. The van der Waals surface area contributed by atoms with Gasteiger partial charge in [0.1, 0.15) is 0 Å². The van der Waals surface area contributed by atoms with E-state index < -0.39 is 5.60 Å². The fourth-order valence-corrected chi connectivity index (χ4v) is 2.85. The van der Waals surface area contributed by atoms with Crippen LogP contribution in [0.4, 0.5) is 0 Å². The number of rotatable bonds is 5. The van der Waals surface area contributed by atoms with Crippen LogP contribution in [-0.4, -0.2) is 48.0 Å². The van der Waals surface area contributed by atoms with Crippen LogP contribution in [0.5, 0.6) is 0 Å². The molecule has 0 bridgehead atoms. The maximum Gasteiger partial charge on any atom is 0.0789 e. The van der Waals surface area contributed by atoms with E-state index in [1.54, 1.807) is 7.11 Å².